The van der Waals surface area contributed by atoms with Gasteiger partial charge in [0, 0.05) is 29.1 Å². The summed E-state index contributed by atoms with van der Waals surface area (Å²) >= 11 is 6.60. The van der Waals surface area contributed by atoms with E-state index in [0.717, 1.165) is 30.3 Å². The Morgan fingerprint density at radius 2 is 1.86 bits per heavy atom. The lowest BCUT2D eigenvalue weighted by molar-refractivity contribution is -0.176. The minimum Gasteiger partial charge on any atom is -0.467 e. The van der Waals surface area contributed by atoms with Crippen molar-refractivity contribution >= 4 is 29.2 Å². The quantitative estimate of drug-likeness (QED) is 0.433. The van der Waals surface area contributed by atoms with Gasteiger partial charge in [0.05, 0.1) is 7.11 Å². The molecule has 2 heterocycles. The molecule has 1 amide bonds. The van der Waals surface area contributed by atoms with Crippen molar-refractivity contribution in [2.24, 2.45) is 0 Å². The molecule has 188 valence electrons. The van der Waals surface area contributed by atoms with Gasteiger partial charge in [-0.15, -0.1) is 11.6 Å². The highest BCUT2D eigenvalue weighted by atomic mass is 35.5. The lowest BCUT2D eigenvalue weighted by Crippen LogP contribution is -2.55. The van der Waals surface area contributed by atoms with Gasteiger partial charge < -0.3 is 15.0 Å². The second-order valence-electron chi connectivity index (χ2n) is 9.24. The van der Waals surface area contributed by atoms with Crippen LogP contribution >= 0.6 is 11.6 Å². The van der Waals surface area contributed by atoms with E-state index >= 15 is 0 Å². The highest BCUT2D eigenvalue weighted by Gasteiger charge is 2.54. The lowest BCUT2D eigenvalue weighted by atomic mass is 9.66. The Bertz CT molecular complexity index is 1070. The fourth-order valence-corrected chi connectivity index (χ4v) is 5.93. The van der Waals surface area contributed by atoms with Gasteiger partial charge in [0.15, 0.2) is 0 Å². The molecule has 0 radical (unpaired) electrons. The van der Waals surface area contributed by atoms with Crippen LogP contribution in [0.5, 0.6) is 0 Å². The molecule has 4 atom stereocenters. The van der Waals surface area contributed by atoms with Crippen LogP contribution in [0, 0.1) is 0 Å². The molecule has 2 aromatic rings. The molecule has 9 heteroatoms. The minimum atomic E-state index is -5.12. The number of anilines is 1. The fraction of sp³-hybridized carbons (Fsp3) is 0.462. The predicted octanol–water partition coefficient (Wildman–Crippen LogP) is 4.76. The van der Waals surface area contributed by atoms with Crippen molar-refractivity contribution in [1.29, 1.82) is 0 Å². The van der Waals surface area contributed by atoms with Crippen molar-refractivity contribution in [3.05, 3.63) is 65.7 Å². The summed E-state index contributed by atoms with van der Waals surface area (Å²) < 4.78 is 44.2. The molecule has 1 unspecified atom stereocenters. The molecule has 1 fully saturated rings. The van der Waals surface area contributed by atoms with Crippen LogP contribution in [0.15, 0.2) is 54.6 Å². The number of carbonyl (C=O) groups is 2. The van der Waals surface area contributed by atoms with Gasteiger partial charge in [0.1, 0.15) is 6.04 Å². The average Bonchev–Trinajstić information content (AvgIpc) is 3.11. The minimum absolute atomic E-state index is 0.0316. The number of hydrogen-bond acceptors (Lipinski definition) is 4. The molecule has 5 nitrogen and oxygen atoms in total. The van der Waals surface area contributed by atoms with E-state index in [4.69, 9.17) is 16.3 Å². The maximum absolute atomic E-state index is 13.1. The zero-order chi connectivity index (χ0) is 25.2. The van der Waals surface area contributed by atoms with E-state index in [-0.39, 0.29) is 17.8 Å². The summed E-state index contributed by atoms with van der Waals surface area (Å²) in [5.41, 5.74) is 2.31. The first-order valence-corrected chi connectivity index (χ1v) is 12.1. The molecular weight excluding hydrogens is 481 g/mol. The topological polar surface area (TPSA) is 58.6 Å². The van der Waals surface area contributed by atoms with E-state index < -0.39 is 29.5 Å². The van der Waals surface area contributed by atoms with Crippen molar-refractivity contribution in [1.82, 2.24) is 5.32 Å². The molecule has 2 aromatic carbocycles. The third-order valence-corrected chi connectivity index (χ3v) is 7.64. The number of fused-ring (bicyclic) bond motifs is 3. The van der Waals surface area contributed by atoms with Crippen LogP contribution in [0.1, 0.15) is 36.8 Å². The monoisotopic (exact) mass is 508 g/mol. The standard InChI is InChI=1S/C26H28ClF3N2O3/c1-35-23(33)20(31-24(34)26(28,29)30)16-25(13-11-17-7-3-2-4-8-17)19-9-5-6-10-21(19)32-14-12-18(27)15-22(25)32/h2-10,18,20,22H,11-16H2,1H3,(H,31,34)/t18-,20?,22+,25-/m0/s1. The van der Waals surface area contributed by atoms with Gasteiger partial charge in [0.2, 0.25) is 0 Å². The second kappa shape index (κ2) is 10.1. The fourth-order valence-electron chi connectivity index (χ4n) is 5.66. The Kier molecular flexibility index (Phi) is 7.31. The molecule has 0 aliphatic carbocycles. The number of para-hydroxylation sites is 1. The van der Waals surface area contributed by atoms with Gasteiger partial charge in [-0.25, -0.2) is 4.79 Å². The first-order chi connectivity index (χ1) is 16.7. The summed E-state index contributed by atoms with van der Waals surface area (Å²) in [7, 11) is 1.11. The molecule has 0 aromatic heterocycles. The van der Waals surface area contributed by atoms with E-state index in [1.165, 1.54) is 0 Å². The van der Waals surface area contributed by atoms with Gasteiger partial charge in [-0.3, -0.25) is 4.79 Å². The molecule has 1 N–H and O–H groups in total. The van der Waals surface area contributed by atoms with Crippen LogP contribution in [0.4, 0.5) is 18.9 Å². The maximum atomic E-state index is 13.1. The number of esters is 1. The van der Waals surface area contributed by atoms with Crippen LogP contribution in [0.2, 0.25) is 0 Å². The maximum Gasteiger partial charge on any atom is 0.471 e. The summed E-state index contributed by atoms with van der Waals surface area (Å²) in [4.78, 5) is 26.8. The molecule has 2 aliphatic rings. The van der Waals surface area contributed by atoms with Crippen LogP contribution < -0.4 is 10.2 Å². The van der Waals surface area contributed by atoms with Gasteiger partial charge in [-0.05, 0) is 49.3 Å². The largest absolute Gasteiger partial charge is 0.471 e. The third-order valence-electron chi connectivity index (χ3n) is 7.25. The van der Waals surface area contributed by atoms with E-state index in [2.05, 4.69) is 4.90 Å². The number of nitrogens with one attached hydrogen (secondary N) is 1. The molecule has 1 saturated heterocycles. The van der Waals surface area contributed by atoms with Crippen molar-refractivity contribution in [3.8, 4) is 0 Å². The Hall–Kier alpha value is -2.74. The summed E-state index contributed by atoms with van der Waals surface area (Å²) in [6.07, 6.45) is -2.54. The number of piperidine rings is 1. The number of amides is 1. The zero-order valence-electron chi connectivity index (χ0n) is 19.4. The Labute approximate surface area is 207 Å². The highest BCUT2D eigenvalue weighted by molar-refractivity contribution is 6.20. The summed E-state index contributed by atoms with van der Waals surface area (Å²) in [6, 6.07) is 16.0. The number of aryl methyl sites for hydroxylation is 1. The molecule has 2 aliphatic heterocycles. The number of carbonyl (C=O) groups excluding carboxylic acids is 2. The van der Waals surface area contributed by atoms with Crippen molar-refractivity contribution in [3.63, 3.8) is 0 Å². The number of nitrogens with zero attached hydrogens (tertiary/aromatic N) is 1. The van der Waals surface area contributed by atoms with E-state index in [0.29, 0.717) is 25.8 Å². The second-order valence-corrected chi connectivity index (χ2v) is 9.86. The summed E-state index contributed by atoms with van der Waals surface area (Å²) in [5.74, 6) is -3.07. The number of methoxy groups -OCH3 is 1. The number of alkyl halides is 4. The van der Waals surface area contributed by atoms with Crippen molar-refractivity contribution in [2.45, 2.75) is 61.2 Å². The molecular formula is C26H28ClF3N2O3. The summed E-state index contributed by atoms with van der Waals surface area (Å²) in [5, 5.41) is 1.81. The van der Waals surface area contributed by atoms with Gasteiger partial charge in [0.25, 0.3) is 0 Å². The third kappa shape index (κ3) is 5.13. The Morgan fingerprint density at radius 1 is 1.17 bits per heavy atom. The van der Waals surface area contributed by atoms with Crippen LogP contribution in [-0.4, -0.2) is 49.2 Å². The average molecular weight is 509 g/mol. The molecule has 0 saturated carbocycles. The van der Waals surface area contributed by atoms with Crippen molar-refractivity contribution in [2.75, 3.05) is 18.6 Å². The Morgan fingerprint density at radius 3 is 2.54 bits per heavy atom. The first-order valence-electron chi connectivity index (χ1n) is 11.7. The number of benzene rings is 2. The number of ether oxygens (including phenoxy) is 1. The zero-order valence-corrected chi connectivity index (χ0v) is 20.1. The molecule has 0 spiro atoms. The van der Waals surface area contributed by atoms with E-state index in [1.807, 2.05) is 59.9 Å². The molecule has 0 bridgehead atoms. The number of hydrogen-bond donors (Lipinski definition) is 1. The van der Waals surface area contributed by atoms with Gasteiger partial charge in [-0.1, -0.05) is 48.5 Å². The summed E-state index contributed by atoms with van der Waals surface area (Å²) in [6.45, 7) is 0.709. The molecule has 4 rings (SSSR count). The smallest absolute Gasteiger partial charge is 0.467 e. The number of rotatable bonds is 7. The lowest BCUT2D eigenvalue weighted by Gasteiger charge is -2.45. The predicted molar refractivity (Wildman–Crippen MR) is 128 cm³/mol. The normalized spacial score (nSPS) is 24.3. The highest BCUT2D eigenvalue weighted by Crippen LogP contribution is 2.54. The SMILES string of the molecule is COC(=O)C(C[C@@]1(CCc2ccccc2)c2ccccc2N2CC[C@H](Cl)C[C@@H]21)NC(=O)C(F)(F)F. The Balaban J connectivity index is 1.78. The van der Waals surface area contributed by atoms with E-state index in [9.17, 15) is 22.8 Å². The van der Waals surface area contributed by atoms with Crippen LogP contribution in [0.25, 0.3) is 0 Å². The van der Waals surface area contributed by atoms with Gasteiger partial charge >= 0.3 is 18.1 Å². The number of halogens is 4. The van der Waals surface area contributed by atoms with Gasteiger partial charge in [-0.2, -0.15) is 13.2 Å². The van der Waals surface area contributed by atoms with E-state index in [1.54, 1.807) is 0 Å². The van der Waals surface area contributed by atoms with Crippen molar-refractivity contribution < 1.29 is 27.5 Å². The first kappa shape index (κ1) is 25.4. The van der Waals surface area contributed by atoms with Crippen LogP contribution in [0.3, 0.4) is 0 Å². The molecule has 35 heavy (non-hydrogen) atoms. The van der Waals surface area contributed by atoms with Crippen LogP contribution in [-0.2, 0) is 26.2 Å².